The summed E-state index contributed by atoms with van der Waals surface area (Å²) in [5.74, 6) is -0.859. The van der Waals surface area contributed by atoms with Gasteiger partial charge in [0.05, 0.1) is 19.0 Å². The molecule has 1 spiro atoms. The van der Waals surface area contributed by atoms with E-state index in [2.05, 4.69) is 10.3 Å². The Labute approximate surface area is 98.7 Å². The Kier molecular flexibility index (Phi) is 2.78. The number of hydrogen-bond acceptors (Lipinski definition) is 5. The second-order valence-electron chi connectivity index (χ2n) is 4.65. The molecule has 1 fully saturated rings. The van der Waals surface area contributed by atoms with E-state index in [9.17, 15) is 14.7 Å². The number of nitrogens with one attached hydrogen (secondary N) is 1. The number of nitrogens with two attached hydrogens (primary N) is 1. The van der Waals surface area contributed by atoms with E-state index in [4.69, 9.17) is 5.73 Å². The Morgan fingerprint density at radius 2 is 2.47 bits per heavy atom. The zero-order valence-electron chi connectivity index (χ0n) is 9.59. The third-order valence-corrected chi connectivity index (χ3v) is 3.29. The number of carbonyl (C=O) groups is 2. The fourth-order valence-corrected chi connectivity index (χ4v) is 2.39. The molecule has 1 saturated heterocycles. The van der Waals surface area contributed by atoms with Crippen molar-refractivity contribution in [2.75, 3.05) is 19.6 Å². The lowest BCUT2D eigenvalue weighted by atomic mass is 9.76. The number of carbonyl (C=O) groups excluding carboxylic acids is 2. The van der Waals surface area contributed by atoms with Crippen LogP contribution in [0.15, 0.2) is 4.99 Å². The molecular formula is C10H16N4O3. The number of hydrogen-bond donors (Lipinski definition) is 3. The average molecular weight is 240 g/mol. The lowest BCUT2D eigenvalue weighted by Crippen LogP contribution is -2.72. The second-order valence-corrected chi connectivity index (χ2v) is 4.65. The maximum Gasteiger partial charge on any atom is 0.242 e. The van der Waals surface area contributed by atoms with Crippen molar-refractivity contribution < 1.29 is 14.7 Å². The SMILES string of the molecule is C[C@@H](O)[C@@H](C(N)=O)N1CC2(CN=CNC2)C1=O. The van der Waals surface area contributed by atoms with Gasteiger partial charge in [-0.1, -0.05) is 0 Å². The zero-order valence-corrected chi connectivity index (χ0v) is 9.59. The summed E-state index contributed by atoms with van der Waals surface area (Å²) in [5, 5.41) is 12.4. The third kappa shape index (κ3) is 1.76. The monoisotopic (exact) mass is 240 g/mol. The van der Waals surface area contributed by atoms with E-state index in [-0.39, 0.29) is 5.91 Å². The number of β-lactam (4-membered cyclic amide) rings is 1. The van der Waals surface area contributed by atoms with Gasteiger partial charge in [-0.25, -0.2) is 0 Å². The highest BCUT2D eigenvalue weighted by Crippen LogP contribution is 2.35. The molecule has 2 aliphatic rings. The van der Waals surface area contributed by atoms with Crippen molar-refractivity contribution in [3.8, 4) is 0 Å². The molecule has 94 valence electrons. The number of aliphatic imine (C=N–C) groups is 1. The minimum absolute atomic E-state index is 0.174. The van der Waals surface area contributed by atoms with E-state index in [1.807, 2.05) is 0 Å². The van der Waals surface area contributed by atoms with Crippen LogP contribution in [0.1, 0.15) is 6.92 Å². The van der Waals surface area contributed by atoms with Crippen LogP contribution in [-0.4, -0.2) is 59.9 Å². The van der Waals surface area contributed by atoms with Crippen LogP contribution >= 0.6 is 0 Å². The molecule has 1 unspecified atom stereocenters. The molecular weight excluding hydrogens is 224 g/mol. The fraction of sp³-hybridized carbons (Fsp3) is 0.700. The minimum atomic E-state index is -0.964. The summed E-state index contributed by atoms with van der Waals surface area (Å²) in [5.41, 5.74) is 4.63. The van der Waals surface area contributed by atoms with Crippen molar-refractivity contribution >= 4 is 18.2 Å². The molecule has 0 bridgehead atoms. The number of likely N-dealkylation sites (tertiary alicyclic amines) is 1. The Hall–Kier alpha value is -1.63. The van der Waals surface area contributed by atoms with Crippen LogP contribution in [0.25, 0.3) is 0 Å². The summed E-state index contributed by atoms with van der Waals surface area (Å²) in [6, 6.07) is -0.945. The maximum absolute atomic E-state index is 12.1. The van der Waals surface area contributed by atoms with Gasteiger partial charge in [0.25, 0.3) is 0 Å². The number of aliphatic hydroxyl groups is 1. The normalized spacial score (nSPS) is 30.7. The van der Waals surface area contributed by atoms with Crippen LogP contribution < -0.4 is 11.1 Å². The molecule has 17 heavy (non-hydrogen) atoms. The molecule has 2 heterocycles. The molecule has 0 aromatic heterocycles. The number of amides is 2. The van der Waals surface area contributed by atoms with Gasteiger partial charge in [0.15, 0.2) is 0 Å². The van der Waals surface area contributed by atoms with Crippen molar-refractivity contribution in [2.24, 2.45) is 16.1 Å². The first-order valence-corrected chi connectivity index (χ1v) is 5.48. The van der Waals surface area contributed by atoms with Gasteiger partial charge in [-0.15, -0.1) is 0 Å². The third-order valence-electron chi connectivity index (χ3n) is 3.29. The molecule has 4 N–H and O–H groups in total. The van der Waals surface area contributed by atoms with Crippen LogP contribution in [0.4, 0.5) is 0 Å². The molecule has 0 radical (unpaired) electrons. The Morgan fingerprint density at radius 3 is 2.88 bits per heavy atom. The molecule has 0 aliphatic carbocycles. The van der Waals surface area contributed by atoms with Crippen LogP contribution in [0, 0.1) is 5.41 Å². The molecule has 7 heteroatoms. The molecule has 2 aliphatic heterocycles. The summed E-state index contributed by atoms with van der Waals surface area (Å²) in [4.78, 5) is 28.7. The highest BCUT2D eigenvalue weighted by Gasteiger charge is 2.56. The molecule has 3 atom stereocenters. The van der Waals surface area contributed by atoms with E-state index in [1.165, 1.54) is 11.8 Å². The number of rotatable bonds is 3. The Bertz CT molecular complexity index is 382. The summed E-state index contributed by atoms with van der Waals surface area (Å²) in [6.45, 7) is 2.78. The number of primary amides is 1. The predicted octanol–water partition coefficient (Wildman–Crippen LogP) is -2.32. The Morgan fingerprint density at radius 1 is 1.76 bits per heavy atom. The van der Waals surface area contributed by atoms with Crippen molar-refractivity contribution in [1.29, 1.82) is 0 Å². The zero-order chi connectivity index (χ0) is 12.6. The van der Waals surface area contributed by atoms with E-state index in [0.29, 0.717) is 19.6 Å². The van der Waals surface area contributed by atoms with Crippen molar-refractivity contribution in [2.45, 2.75) is 19.1 Å². The maximum atomic E-state index is 12.1. The highest BCUT2D eigenvalue weighted by atomic mass is 16.3. The number of nitrogens with zero attached hydrogens (tertiary/aromatic N) is 2. The van der Waals surface area contributed by atoms with Crippen molar-refractivity contribution in [1.82, 2.24) is 10.2 Å². The first-order chi connectivity index (χ1) is 7.98. The molecule has 7 nitrogen and oxygen atoms in total. The molecule has 0 aromatic carbocycles. The van der Waals surface area contributed by atoms with Crippen LogP contribution in [0.5, 0.6) is 0 Å². The van der Waals surface area contributed by atoms with Gasteiger partial charge in [0.2, 0.25) is 11.8 Å². The van der Waals surface area contributed by atoms with Gasteiger partial charge in [-0.2, -0.15) is 0 Å². The lowest BCUT2D eigenvalue weighted by molar-refractivity contribution is -0.170. The van der Waals surface area contributed by atoms with E-state index in [1.54, 1.807) is 6.34 Å². The van der Waals surface area contributed by atoms with Gasteiger partial charge < -0.3 is 21.1 Å². The topological polar surface area (TPSA) is 108 Å². The van der Waals surface area contributed by atoms with Gasteiger partial charge in [0.1, 0.15) is 11.5 Å². The average Bonchev–Trinajstić information content (AvgIpc) is 2.28. The van der Waals surface area contributed by atoms with Crippen molar-refractivity contribution in [3.63, 3.8) is 0 Å². The van der Waals surface area contributed by atoms with Crippen LogP contribution in [0.3, 0.4) is 0 Å². The van der Waals surface area contributed by atoms with Crippen LogP contribution in [-0.2, 0) is 9.59 Å². The van der Waals surface area contributed by atoms with Gasteiger partial charge >= 0.3 is 0 Å². The van der Waals surface area contributed by atoms with E-state index < -0.39 is 23.5 Å². The van der Waals surface area contributed by atoms with E-state index in [0.717, 1.165) is 0 Å². The van der Waals surface area contributed by atoms with Gasteiger partial charge in [0, 0.05) is 13.1 Å². The first-order valence-electron chi connectivity index (χ1n) is 5.48. The summed E-state index contributed by atoms with van der Waals surface area (Å²) in [6.07, 6.45) is 0.607. The summed E-state index contributed by atoms with van der Waals surface area (Å²) >= 11 is 0. The quantitative estimate of drug-likeness (QED) is 0.481. The summed E-state index contributed by atoms with van der Waals surface area (Å²) in [7, 11) is 0. The Balaban J connectivity index is 2.10. The lowest BCUT2D eigenvalue weighted by Gasteiger charge is -2.51. The molecule has 0 saturated carbocycles. The van der Waals surface area contributed by atoms with Gasteiger partial charge in [-0.05, 0) is 6.92 Å². The van der Waals surface area contributed by atoms with E-state index >= 15 is 0 Å². The smallest absolute Gasteiger partial charge is 0.242 e. The molecule has 0 aromatic rings. The first kappa shape index (κ1) is 11.8. The highest BCUT2D eigenvalue weighted by molar-refractivity contribution is 5.95. The predicted molar refractivity (Wildman–Crippen MR) is 60.2 cm³/mol. The van der Waals surface area contributed by atoms with Gasteiger partial charge in [-0.3, -0.25) is 14.6 Å². The number of aliphatic hydroxyl groups excluding tert-OH is 1. The summed E-state index contributed by atoms with van der Waals surface area (Å²) < 4.78 is 0. The second kappa shape index (κ2) is 3.99. The molecule has 2 rings (SSSR count). The molecule has 2 amide bonds. The van der Waals surface area contributed by atoms with Crippen molar-refractivity contribution in [3.05, 3.63) is 0 Å². The fourth-order valence-electron chi connectivity index (χ4n) is 2.39. The largest absolute Gasteiger partial charge is 0.391 e. The minimum Gasteiger partial charge on any atom is -0.391 e. The standard InChI is InChI=1S/C10H16N4O3/c1-6(15)7(8(11)16)14-4-10(9(14)17)2-12-5-13-3-10/h5-7,15H,2-4H2,1H3,(H2,11,16)(H,12,13)/t6-,7+/m1/s1. The van der Waals surface area contributed by atoms with Crippen LogP contribution in [0.2, 0.25) is 0 Å².